The van der Waals surface area contributed by atoms with Crippen molar-refractivity contribution >= 4 is 11.3 Å². The molecule has 1 heterocycles. The van der Waals surface area contributed by atoms with Crippen LogP contribution in [-0.4, -0.2) is 4.98 Å². The van der Waals surface area contributed by atoms with Crippen molar-refractivity contribution in [3.05, 3.63) is 72.0 Å². The summed E-state index contributed by atoms with van der Waals surface area (Å²) < 4.78 is 0. The molecule has 0 amide bonds. The van der Waals surface area contributed by atoms with Crippen LogP contribution in [0.25, 0.3) is 21.8 Å². The number of hydrogen-bond acceptors (Lipinski definition) is 2. The Morgan fingerprint density at radius 3 is 2.39 bits per heavy atom. The smallest absolute Gasteiger partial charge is 0.694 e. The monoisotopic (exact) mass is 353 g/mol. The van der Waals surface area contributed by atoms with Crippen LogP contribution in [0.15, 0.2) is 60.0 Å². The maximum atomic E-state index is 6.93. The zero-order valence-electron chi connectivity index (χ0n) is 12.7. The summed E-state index contributed by atoms with van der Waals surface area (Å²) >= 11 is 1.68. The van der Waals surface area contributed by atoms with Crippen molar-refractivity contribution in [2.45, 2.75) is 19.3 Å². The Bertz CT molecular complexity index is 769. The third-order valence-electron chi connectivity index (χ3n) is 3.54. The van der Waals surface area contributed by atoms with Gasteiger partial charge >= 0.3 is 18.6 Å². The molecule has 0 aliphatic carbocycles. The number of hydrogen-bond donors (Lipinski definition) is 0. The second kappa shape index (κ2) is 8.74. The van der Waals surface area contributed by atoms with E-state index in [0.29, 0.717) is 0 Å². The van der Waals surface area contributed by atoms with Gasteiger partial charge in [-0.1, -0.05) is 54.6 Å². The van der Waals surface area contributed by atoms with Gasteiger partial charge in [-0.2, -0.15) is 0 Å². The van der Waals surface area contributed by atoms with Gasteiger partial charge in [-0.15, -0.1) is 11.3 Å². The zero-order valence-corrected chi connectivity index (χ0v) is 14.9. The molecular formula is C20H16NSV+. The first kappa shape index (κ1) is 17.6. The van der Waals surface area contributed by atoms with Gasteiger partial charge in [-0.05, 0) is 24.8 Å². The van der Waals surface area contributed by atoms with Crippen molar-refractivity contribution in [2.75, 3.05) is 0 Å². The first-order valence-corrected chi connectivity index (χ1v) is 8.24. The van der Waals surface area contributed by atoms with Crippen LogP contribution < -0.4 is 0 Å². The van der Waals surface area contributed by atoms with E-state index in [1.165, 1.54) is 11.1 Å². The molecule has 0 spiro atoms. The summed E-state index contributed by atoms with van der Waals surface area (Å²) in [6.45, 7) is 0. The Balaban J connectivity index is 0.00000192. The van der Waals surface area contributed by atoms with E-state index in [-0.39, 0.29) is 18.6 Å². The van der Waals surface area contributed by atoms with Crippen molar-refractivity contribution in [3.8, 4) is 27.7 Å². The summed E-state index contributed by atoms with van der Waals surface area (Å²) in [4.78, 5) is 4.74. The minimum Gasteiger partial charge on any atom is -0.694 e. The fourth-order valence-corrected chi connectivity index (χ4v) is 3.18. The van der Waals surface area contributed by atoms with Gasteiger partial charge in [-0.25, -0.2) is 4.98 Å². The molecular weight excluding hydrogens is 337 g/mol. The average Bonchev–Trinajstić information content (AvgIpc) is 3.07. The molecule has 0 atom stereocenters. The van der Waals surface area contributed by atoms with Crippen LogP contribution in [-0.2, 0) is 25.0 Å². The third-order valence-corrected chi connectivity index (χ3v) is 4.43. The van der Waals surface area contributed by atoms with Crippen LogP contribution in [0, 0.1) is 12.3 Å². The maximum Gasteiger partial charge on any atom is 2.00 e. The number of benzene rings is 2. The van der Waals surface area contributed by atoms with E-state index in [0.717, 1.165) is 35.5 Å². The predicted molar refractivity (Wildman–Crippen MR) is 93.1 cm³/mol. The van der Waals surface area contributed by atoms with Crippen LogP contribution >= 0.6 is 11.3 Å². The van der Waals surface area contributed by atoms with Gasteiger partial charge in [0.15, 0.2) is 0 Å². The van der Waals surface area contributed by atoms with Crippen LogP contribution in [0.4, 0.5) is 0 Å². The van der Waals surface area contributed by atoms with Crippen molar-refractivity contribution in [1.82, 2.24) is 4.98 Å². The van der Waals surface area contributed by atoms with Gasteiger partial charge in [0.1, 0.15) is 5.01 Å². The quantitative estimate of drug-likeness (QED) is 0.341. The van der Waals surface area contributed by atoms with E-state index in [1.54, 1.807) is 11.3 Å². The fourth-order valence-electron chi connectivity index (χ4n) is 2.34. The average molecular weight is 353 g/mol. The fraction of sp³-hybridized carbons (Fsp3) is 0.150. The van der Waals surface area contributed by atoms with E-state index in [2.05, 4.69) is 47.7 Å². The van der Waals surface area contributed by atoms with Crippen LogP contribution in [0.3, 0.4) is 0 Å². The molecule has 0 bridgehead atoms. The van der Waals surface area contributed by atoms with Gasteiger partial charge in [0.05, 0.1) is 5.69 Å². The van der Waals surface area contributed by atoms with E-state index >= 15 is 0 Å². The molecule has 2 aromatic carbocycles. The second-order valence-corrected chi connectivity index (χ2v) is 5.99. The van der Waals surface area contributed by atoms with Crippen LogP contribution in [0.1, 0.15) is 18.4 Å². The minimum atomic E-state index is 0. The van der Waals surface area contributed by atoms with Gasteiger partial charge in [0.2, 0.25) is 0 Å². The van der Waals surface area contributed by atoms with E-state index in [1.807, 2.05) is 18.2 Å². The molecule has 111 valence electrons. The first-order chi connectivity index (χ1) is 10.9. The number of aryl methyl sites for hydroxylation is 1. The normalized spacial score (nSPS) is 9.87. The Hall–Kier alpha value is -1.79. The Morgan fingerprint density at radius 2 is 1.70 bits per heavy atom. The van der Waals surface area contributed by atoms with E-state index in [9.17, 15) is 0 Å². The molecule has 3 aromatic rings. The van der Waals surface area contributed by atoms with Crippen molar-refractivity contribution < 1.29 is 18.6 Å². The van der Waals surface area contributed by atoms with Crippen molar-refractivity contribution in [3.63, 3.8) is 0 Å². The molecule has 3 heteroatoms. The number of rotatable bonds is 5. The Kier molecular flexibility index (Phi) is 6.68. The molecule has 0 aliphatic heterocycles. The van der Waals surface area contributed by atoms with Crippen molar-refractivity contribution in [1.29, 1.82) is 0 Å². The number of unbranched alkanes of at least 4 members (excludes halogenated alkanes) is 1. The number of nitrogens with zero attached hydrogens (tertiary/aromatic N) is 1. The molecule has 23 heavy (non-hydrogen) atoms. The van der Waals surface area contributed by atoms with Gasteiger partial charge in [-0.3, -0.25) is 0 Å². The zero-order chi connectivity index (χ0) is 15.2. The number of thiazole rings is 1. The largest absolute Gasteiger partial charge is 2.00 e. The van der Waals surface area contributed by atoms with Crippen molar-refractivity contribution in [2.24, 2.45) is 0 Å². The van der Waals surface area contributed by atoms with Crippen LogP contribution in [0.5, 0.6) is 0 Å². The SMILES string of the molecule is [C-]#CCCCc1ccc(-c2csc(-c3ccccc3)n2)cc1.[V+2]. The van der Waals surface area contributed by atoms with Gasteiger partial charge < -0.3 is 12.3 Å². The second-order valence-electron chi connectivity index (χ2n) is 5.13. The standard InChI is InChI=1S/C20H16NS.V/c1-2-3-5-8-16-11-13-17(14-12-16)19-15-22-20(21-19)18-9-6-4-7-10-18;/h4,6-7,9-15H,3,5,8H2;/q-1;+2. The topological polar surface area (TPSA) is 12.9 Å². The molecule has 0 saturated carbocycles. The Labute approximate surface area is 153 Å². The molecule has 1 radical (unpaired) electrons. The minimum absolute atomic E-state index is 0. The van der Waals surface area contributed by atoms with Gasteiger partial charge in [0, 0.05) is 16.5 Å². The Morgan fingerprint density at radius 1 is 0.957 bits per heavy atom. The molecule has 3 rings (SSSR count). The number of aromatic nitrogens is 1. The summed E-state index contributed by atoms with van der Waals surface area (Å²) in [6.07, 6.45) is 9.64. The molecule has 1 nitrogen and oxygen atoms in total. The summed E-state index contributed by atoms with van der Waals surface area (Å²) in [5.41, 5.74) is 4.65. The van der Waals surface area contributed by atoms with E-state index in [4.69, 9.17) is 11.4 Å². The molecule has 0 aliphatic rings. The summed E-state index contributed by atoms with van der Waals surface area (Å²) in [7, 11) is 0. The summed E-state index contributed by atoms with van der Waals surface area (Å²) in [5.74, 6) is 2.43. The van der Waals surface area contributed by atoms with Gasteiger partial charge in [0.25, 0.3) is 0 Å². The molecule has 0 unspecified atom stereocenters. The molecule has 0 N–H and O–H groups in total. The first-order valence-electron chi connectivity index (χ1n) is 7.36. The summed E-state index contributed by atoms with van der Waals surface area (Å²) in [6, 6.07) is 18.8. The van der Waals surface area contributed by atoms with E-state index < -0.39 is 0 Å². The van der Waals surface area contributed by atoms with Crippen LogP contribution in [0.2, 0.25) is 0 Å². The summed E-state index contributed by atoms with van der Waals surface area (Å²) in [5, 5.41) is 3.17. The molecule has 0 saturated heterocycles. The maximum absolute atomic E-state index is 6.93. The molecule has 1 aromatic heterocycles. The third kappa shape index (κ3) is 4.59. The molecule has 0 fully saturated rings. The predicted octanol–water partition coefficient (Wildman–Crippen LogP) is 5.39.